The molecule has 1 unspecified atom stereocenters. The summed E-state index contributed by atoms with van der Waals surface area (Å²) in [6, 6.07) is 9.55. The summed E-state index contributed by atoms with van der Waals surface area (Å²) in [5.74, 6) is 0. The third-order valence-corrected chi connectivity index (χ3v) is 3.97. The van der Waals surface area contributed by atoms with Crippen molar-refractivity contribution in [2.75, 3.05) is 6.54 Å². The van der Waals surface area contributed by atoms with Crippen LogP contribution in [0.25, 0.3) is 0 Å². The molecule has 1 atom stereocenters. The number of nitrogens with one attached hydrogen (secondary N) is 1. The van der Waals surface area contributed by atoms with Crippen molar-refractivity contribution in [3.8, 4) is 0 Å². The Morgan fingerprint density at radius 1 is 1.16 bits per heavy atom. The standard InChI is InChI=1S/C18H27N/c1-3-13-19-18(17-7-5-4-6-8-17)14-16-11-9-15(2)10-12-16/h7,9-12,18-19H,3-6,8,13-14H2,1-2H3. The molecule has 1 aromatic rings. The SMILES string of the molecule is CCCNC(Cc1ccc(C)cc1)C1=CCCCC1. The van der Waals surface area contributed by atoms with E-state index in [2.05, 4.69) is 49.5 Å². The van der Waals surface area contributed by atoms with E-state index in [0.717, 1.165) is 13.0 Å². The van der Waals surface area contributed by atoms with Gasteiger partial charge in [-0.05, 0) is 57.6 Å². The zero-order chi connectivity index (χ0) is 13.5. The van der Waals surface area contributed by atoms with Crippen molar-refractivity contribution in [1.82, 2.24) is 5.32 Å². The molecular formula is C18H27N. The van der Waals surface area contributed by atoms with Gasteiger partial charge in [0.2, 0.25) is 0 Å². The van der Waals surface area contributed by atoms with Crippen LogP contribution in [0.15, 0.2) is 35.9 Å². The normalized spacial score (nSPS) is 17.1. The number of allylic oxidation sites excluding steroid dienone is 1. The van der Waals surface area contributed by atoms with Crippen LogP contribution in [0.3, 0.4) is 0 Å². The van der Waals surface area contributed by atoms with Crippen molar-refractivity contribution < 1.29 is 0 Å². The highest BCUT2D eigenvalue weighted by Gasteiger charge is 2.15. The van der Waals surface area contributed by atoms with Crippen molar-refractivity contribution in [1.29, 1.82) is 0 Å². The first-order valence-corrected chi connectivity index (χ1v) is 7.77. The lowest BCUT2D eigenvalue weighted by atomic mass is 9.90. The first kappa shape index (κ1) is 14.3. The molecule has 0 aromatic heterocycles. The van der Waals surface area contributed by atoms with E-state index in [0.29, 0.717) is 6.04 Å². The number of aryl methyl sites for hydroxylation is 1. The summed E-state index contributed by atoms with van der Waals surface area (Å²) in [5.41, 5.74) is 4.43. The second kappa shape index (κ2) is 7.49. The summed E-state index contributed by atoms with van der Waals surface area (Å²) in [4.78, 5) is 0. The maximum absolute atomic E-state index is 3.73. The average molecular weight is 257 g/mol. The molecule has 0 fully saturated rings. The van der Waals surface area contributed by atoms with Crippen LogP contribution < -0.4 is 5.32 Å². The third kappa shape index (κ3) is 4.50. The minimum atomic E-state index is 0.544. The lowest BCUT2D eigenvalue weighted by Gasteiger charge is -2.24. The van der Waals surface area contributed by atoms with E-state index in [9.17, 15) is 0 Å². The van der Waals surface area contributed by atoms with Crippen molar-refractivity contribution in [3.05, 3.63) is 47.0 Å². The highest BCUT2D eigenvalue weighted by Crippen LogP contribution is 2.22. The monoisotopic (exact) mass is 257 g/mol. The molecule has 104 valence electrons. The molecule has 1 nitrogen and oxygen atoms in total. The Kier molecular flexibility index (Phi) is 5.65. The van der Waals surface area contributed by atoms with Crippen LogP contribution in [-0.4, -0.2) is 12.6 Å². The largest absolute Gasteiger partial charge is 0.310 e. The Balaban J connectivity index is 2.04. The molecule has 0 aliphatic heterocycles. The predicted octanol–water partition coefficient (Wildman–Crippen LogP) is 4.41. The Morgan fingerprint density at radius 3 is 2.58 bits per heavy atom. The zero-order valence-corrected chi connectivity index (χ0v) is 12.4. The Bertz CT molecular complexity index is 402. The third-order valence-electron chi connectivity index (χ3n) is 3.97. The van der Waals surface area contributed by atoms with Crippen LogP contribution in [0.2, 0.25) is 0 Å². The molecule has 19 heavy (non-hydrogen) atoms. The average Bonchev–Trinajstić information content (AvgIpc) is 2.46. The quantitative estimate of drug-likeness (QED) is 0.745. The molecule has 1 aromatic carbocycles. The van der Waals surface area contributed by atoms with E-state index >= 15 is 0 Å². The van der Waals surface area contributed by atoms with E-state index in [1.165, 1.54) is 43.2 Å². The molecule has 1 heteroatoms. The van der Waals surface area contributed by atoms with Gasteiger partial charge in [-0.2, -0.15) is 0 Å². The summed E-state index contributed by atoms with van der Waals surface area (Å²) in [7, 11) is 0. The van der Waals surface area contributed by atoms with Gasteiger partial charge in [0.25, 0.3) is 0 Å². The van der Waals surface area contributed by atoms with Crippen molar-refractivity contribution in [2.24, 2.45) is 0 Å². The Hall–Kier alpha value is -1.08. The fourth-order valence-electron chi connectivity index (χ4n) is 2.79. The van der Waals surface area contributed by atoms with Crippen LogP contribution in [0.5, 0.6) is 0 Å². The lowest BCUT2D eigenvalue weighted by molar-refractivity contribution is 0.526. The molecule has 0 heterocycles. The summed E-state index contributed by atoms with van der Waals surface area (Å²) < 4.78 is 0. The number of benzene rings is 1. The molecule has 0 radical (unpaired) electrons. The van der Waals surface area contributed by atoms with E-state index in [1.807, 2.05) is 0 Å². The molecular weight excluding hydrogens is 230 g/mol. The van der Waals surface area contributed by atoms with E-state index in [4.69, 9.17) is 0 Å². The summed E-state index contributed by atoms with van der Waals surface area (Å²) in [6.45, 7) is 5.51. The molecule has 0 saturated carbocycles. The van der Waals surface area contributed by atoms with Gasteiger partial charge in [-0.1, -0.05) is 48.4 Å². The summed E-state index contributed by atoms with van der Waals surface area (Å²) >= 11 is 0. The van der Waals surface area contributed by atoms with Gasteiger partial charge in [0.15, 0.2) is 0 Å². The number of hydrogen-bond acceptors (Lipinski definition) is 1. The van der Waals surface area contributed by atoms with Gasteiger partial charge >= 0.3 is 0 Å². The molecule has 1 aliphatic rings. The Labute approximate surface area is 118 Å². The molecule has 1 N–H and O–H groups in total. The second-order valence-corrected chi connectivity index (χ2v) is 5.72. The van der Waals surface area contributed by atoms with Gasteiger partial charge in [-0.15, -0.1) is 0 Å². The van der Waals surface area contributed by atoms with Crippen LogP contribution in [0.4, 0.5) is 0 Å². The fraction of sp³-hybridized carbons (Fsp3) is 0.556. The summed E-state index contributed by atoms with van der Waals surface area (Å²) in [5, 5.41) is 3.73. The molecule has 0 spiro atoms. The van der Waals surface area contributed by atoms with E-state index < -0.39 is 0 Å². The molecule has 2 rings (SSSR count). The fourth-order valence-corrected chi connectivity index (χ4v) is 2.79. The highest BCUT2D eigenvalue weighted by molar-refractivity contribution is 5.25. The van der Waals surface area contributed by atoms with Gasteiger partial charge in [-0.25, -0.2) is 0 Å². The molecule has 1 aliphatic carbocycles. The van der Waals surface area contributed by atoms with E-state index in [-0.39, 0.29) is 0 Å². The molecule has 0 bridgehead atoms. The second-order valence-electron chi connectivity index (χ2n) is 5.72. The first-order chi connectivity index (χ1) is 9.29. The first-order valence-electron chi connectivity index (χ1n) is 7.77. The Morgan fingerprint density at radius 2 is 1.95 bits per heavy atom. The van der Waals surface area contributed by atoms with Crippen LogP contribution in [0.1, 0.15) is 50.2 Å². The summed E-state index contributed by atoms with van der Waals surface area (Å²) in [6.07, 6.45) is 10.1. The van der Waals surface area contributed by atoms with Crippen LogP contribution >= 0.6 is 0 Å². The van der Waals surface area contributed by atoms with Crippen molar-refractivity contribution in [3.63, 3.8) is 0 Å². The van der Waals surface area contributed by atoms with Gasteiger partial charge in [0.1, 0.15) is 0 Å². The molecule has 0 saturated heterocycles. The topological polar surface area (TPSA) is 12.0 Å². The van der Waals surface area contributed by atoms with Crippen molar-refractivity contribution >= 4 is 0 Å². The number of rotatable bonds is 6. The lowest BCUT2D eigenvalue weighted by Crippen LogP contribution is -2.34. The maximum atomic E-state index is 3.73. The van der Waals surface area contributed by atoms with Gasteiger partial charge in [-0.3, -0.25) is 0 Å². The molecule has 0 amide bonds. The predicted molar refractivity (Wildman–Crippen MR) is 83.5 cm³/mol. The minimum absolute atomic E-state index is 0.544. The maximum Gasteiger partial charge on any atom is 0.0320 e. The number of hydrogen-bond donors (Lipinski definition) is 1. The van der Waals surface area contributed by atoms with E-state index in [1.54, 1.807) is 5.57 Å². The highest BCUT2D eigenvalue weighted by atomic mass is 14.9. The van der Waals surface area contributed by atoms with Crippen LogP contribution in [0, 0.1) is 6.92 Å². The van der Waals surface area contributed by atoms with Gasteiger partial charge in [0, 0.05) is 6.04 Å². The minimum Gasteiger partial charge on any atom is -0.310 e. The van der Waals surface area contributed by atoms with Gasteiger partial charge in [0.05, 0.1) is 0 Å². The van der Waals surface area contributed by atoms with Crippen LogP contribution in [-0.2, 0) is 6.42 Å². The zero-order valence-electron chi connectivity index (χ0n) is 12.4. The van der Waals surface area contributed by atoms with Crippen molar-refractivity contribution in [2.45, 2.75) is 58.4 Å². The van der Waals surface area contributed by atoms with Gasteiger partial charge < -0.3 is 5.32 Å². The smallest absolute Gasteiger partial charge is 0.0320 e.